The molecule has 0 spiro atoms. The highest BCUT2D eigenvalue weighted by molar-refractivity contribution is 7.88. The van der Waals surface area contributed by atoms with Crippen molar-refractivity contribution in [1.82, 2.24) is 9.21 Å². The molecule has 0 aromatic heterocycles. The van der Waals surface area contributed by atoms with Gasteiger partial charge in [0.25, 0.3) is 0 Å². The summed E-state index contributed by atoms with van der Waals surface area (Å²) in [5.41, 5.74) is 0. The third-order valence-corrected chi connectivity index (χ3v) is 4.29. The van der Waals surface area contributed by atoms with Gasteiger partial charge < -0.3 is 0 Å². The highest BCUT2D eigenvalue weighted by Gasteiger charge is 2.33. The fraction of sp³-hybridized carbons (Fsp3) is 1.00. The monoisotopic (exact) mass is 204 g/mol. The highest BCUT2D eigenvalue weighted by atomic mass is 32.2. The summed E-state index contributed by atoms with van der Waals surface area (Å²) >= 11 is 0. The van der Waals surface area contributed by atoms with Gasteiger partial charge in [-0.15, -0.1) is 0 Å². The summed E-state index contributed by atoms with van der Waals surface area (Å²) in [6.45, 7) is 3.45. The number of fused-ring (bicyclic) bond motifs is 1. The molecule has 2 aliphatic heterocycles. The minimum atomic E-state index is -2.96. The van der Waals surface area contributed by atoms with E-state index in [-0.39, 0.29) is 0 Å². The van der Waals surface area contributed by atoms with E-state index in [0.717, 1.165) is 19.5 Å². The summed E-state index contributed by atoms with van der Waals surface area (Å²) in [7, 11) is -2.96. The van der Waals surface area contributed by atoms with Crippen LogP contribution in [0.1, 0.15) is 12.8 Å². The number of hydrogen-bond acceptors (Lipinski definition) is 3. The van der Waals surface area contributed by atoms with Gasteiger partial charge in [0, 0.05) is 25.7 Å². The van der Waals surface area contributed by atoms with Crippen molar-refractivity contribution in [3.05, 3.63) is 0 Å². The van der Waals surface area contributed by atoms with Crippen molar-refractivity contribution in [1.29, 1.82) is 0 Å². The zero-order valence-electron chi connectivity index (χ0n) is 7.94. The minimum absolute atomic E-state index is 0.489. The second-order valence-corrected chi connectivity index (χ2v) is 5.94. The fourth-order valence-electron chi connectivity index (χ4n) is 2.26. The lowest BCUT2D eigenvalue weighted by molar-refractivity contribution is 0.159. The van der Waals surface area contributed by atoms with E-state index >= 15 is 0 Å². The Balaban J connectivity index is 2.05. The van der Waals surface area contributed by atoms with Crippen LogP contribution in [0.4, 0.5) is 0 Å². The van der Waals surface area contributed by atoms with Crippen molar-refractivity contribution < 1.29 is 8.42 Å². The topological polar surface area (TPSA) is 40.6 Å². The second-order valence-electron chi connectivity index (χ2n) is 3.95. The quantitative estimate of drug-likeness (QED) is 0.590. The molecule has 2 saturated heterocycles. The zero-order valence-corrected chi connectivity index (χ0v) is 8.76. The van der Waals surface area contributed by atoms with Crippen molar-refractivity contribution in [3.63, 3.8) is 0 Å². The molecule has 4 nitrogen and oxygen atoms in total. The van der Waals surface area contributed by atoms with E-state index in [0.29, 0.717) is 19.1 Å². The maximum absolute atomic E-state index is 11.3. The molecule has 0 N–H and O–H groups in total. The van der Waals surface area contributed by atoms with Crippen LogP contribution in [0.15, 0.2) is 0 Å². The summed E-state index contributed by atoms with van der Waals surface area (Å²) in [5, 5.41) is 0. The van der Waals surface area contributed by atoms with Crippen molar-refractivity contribution in [2.75, 3.05) is 32.4 Å². The fourth-order valence-corrected chi connectivity index (χ4v) is 3.12. The molecule has 2 rings (SSSR count). The first-order chi connectivity index (χ1) is 6.07. The Kier molecular flexibility index (Phi) is 2.33. The Morgan fingerprint density at radius 1 is 1.23 bits per heavy atom. The molecule has 0 aliphatic carbocycles. The number of nitrogens with zero attached hydrogens (tertiary/aromatic N) is 2. The molecule has 2 fully saturated rings. The van der Waals surface area contributed by atoms with Gasteiger partial charge in [0.15, 0.2) is 0 Å². The summed E-state index contributed by atoms with van der Waals surface area (Å²) in [6, 6.07) is 0.489. The van der Waals surface area contributed by atoms with E-state index in [4.69, 9.17) is 0 Å². The summed E-state index contributed by atoms with van der Waals surface area (Å²) in [6.07, 6.45) is 3.69. The van der Waals surface area contributed by atoms with Gasteiger partial charge in [-0.3, -0.25) is 4.90 Å². The summed E-state index contributed by atoms with van der Waals surface area (Å²) in [5.74, 6) is 0. The van der Waals surface area contributed by atoms with Gasteiger partial charge in [0.1, 0.15) is 0 Å². The lowest BCUT2D eigenvalue weighted by Crippen LogP contribution is -2.51. The van der Waals surface area contributed by atoms with Crippen molar-refractivity contribution in [2.24, 2.45) is 0 Å². The van der Waals surface area contributed by atoms with Crippen LogP contribution < -0.4 is 0 Å². The molecule has 2 heterocycles. The molecule has 76 valence electrons. The van der Waals surface area contributed by atoms with E-state index in [2.05, 4.69) is 4.90 Å². The van der Waals surface area contributed by atoms with Crippen molar-refractivity contribution in [2.45, 2.75) is 18.9 Å². The number of rotatable bonds is 1. The number of sulfonamides is 1. The average molecular weight is 204 g/mol. The highest BCUT2D eigenvalue weighted by Crippen LogP contribution is 2.22. The largest absolute Gasteiger partial charge is 0.298 e. The van der Waals surface area contributed by atoms with Crippen molar-refractivity contribution >= 4 is 10.0 Å². The summed E-state index contributed by atoms with van der Waals surface area (Å²) < 4.78 is 24.2. The molecule has 0 bridgehead atoms. The van der Waals surface area contributed by atoms with E-state index in [1.54, 1.807) is 4.31 Å². The van der Waals surface area contributed by atoms with Crippen LogP contribution in [0, 0.1) is 0 Å². The predicted molar refractivity (Wildman–Crippen MR) is 51.0 cm³/mol. The molecule has 0 unspecified atom stereocenters. The van der Waals surface area contributed by atoms with Crippen LogP contribution >= 0.6 is 0 Å². The number of hydrogen-bond donors (Lipinski definition) is 0. The molecule has 0 aromatic carbocycles. The van der Waals surface area contributed by atoms with E-state index in [1.807, 2.05) is 0 Å². The molecule has 0 radical (unpaired) electrons. The standard InChI is InChI=1S/C8H16N2O2S/c1-13(11,12)10-6-5-9-4-2-3-8(9)7-10/h8H,2-7H2,1H3/t8-/m0/s1. The van der Waals surface area contributed by atoms with E-state index in [9.17, 15) is 8.42 Å². The SMILES string of the molecule is CS(=O)(=O)N1CCN2CCC[C@H]2C1. The maximum Gasteiger partial charge on any atom is 0.211 e. The smallest absolute Gasteiger partial charge is 0.211 e. The Bertz CT molecular complexity index is 289. The van der Waals surface area contributed by atoms with Gasteiger partial charge in [0.2, 0.25) is 10.0 Å². The molecule has 1 atom stereocenters. The minimum Gasteiger partial charge on any atom is -0.298 e. The van der Waals surface area contributed by atoms with Crippen LogP contribution in [-0.2, 0) is 10.0 Å². The first-order valence-corrected chi connectivity index (χ1v) is 6.61. The van der Waals surface area contributed by atoms with Gasteiger partial charge in [-0.25, -0.2) is 8.42 Å². The Morgan fingerprint density at radius 2 is 2.00 bits per heavy atom. The van der Waals surface area contributed by atoms with Crippen LogP contribution in [0.5, 0.6) is 0 Å². The molecular formula is C8H16N2O2S. The lowest BCUT2D eigenvalue weighted by Gasteiger charge is -2.35. The molecule has 2 aliphatic rings. The normalized spacial score (nSPS) is 31.9. The first kappa shape index (κ1) is 9.43. The average Bonchev–Trinajstić information content (AvgIpc) is 2.47. The Labute approximate surface area is 79.6 Å². The van der Waals surface area contributed by atoms with Gasteiger partial charge in [-0.05, 0) is 19.4 Å². The van der Waals surface area contributed by atoms with Crippen LogP contribution in [0.25, 0.3) is 0 Å². The first-order valence-electron chi connectivity index (χ1n) is 4.76. The number of piperazine rings is 1. The van der Waals surface area contributed by atoms with Gasteiger partial charge in [-0.1, -0.05) is 0 Å². The molecule has 13 heavy (non-hydrogen) atoms. The molecular weight excluding hydrogens is 188 g/mol. The maximum atomic E-state index is 11.3. The second kappa shape index (κ2) is 3.22. The van der Waals surface area contributed by atoms with Gasteiger partial charge in [0.05, 0.1) is 6.26 Å². The Hall–Kier alpha value is -0.130. The third-order valence-electron chi connectivity index (χ3n) is 3.02. The van der Waals surface area contributed by atoms with Crippen LogP contribution in [0.3, 0.4) is 0 Å². The molecule has 5 heteroatoms. The lowest BCUT2D eigenvalue weighted by atomic mass is 10.2. The van der Waals surface area contributed by atoms with E-state index < -0.39 is 10.0 Å². The van der Waals surface area contributed by atoms with Crippen LogP contribution in [-0.4, -0.2) is 56.1 Å². The predicted octanol–water partition coefficient (Wildman–Crippen LogP) is -0.274. The molecule has 0 saturated carbocycles. The Morgan fingerprint density at radius 3 is 2.69 bits per heavy atom. The van der Waals surface area contributed by atoms with Gasteiger partial charge in [-0.2, -0.15) is 4.31 Å². The van der Waals surface area contributed by atoms with Gasteiger partial charge >= 0.3 is 0 Å². The van der Waals surface area contributed by atoms with E-state index in [1.165, 1.54) is 12.7 Å². The van der Waals surface area contributed by atoms with Crippen molar-refractivity contribution in [3.8, 4) is 0 Å². The van der Waals surface area contributed by atoms with Crippen LogP contribution in [0.2, 0.25) is 0 Å². The summed E-state index contributed by atoms with van der Waals surface area (Å²) in [4.78, 5) is 2.40. The molecule has 0 aromatic rings. The zero-order chi connectivity index (χ0) is 9.47. The third kappa shape index (κ3) is 1.87. The molecule has 0 amide bonds.